The van der Waals surface area contributed by atoms with Crippen molar-refractivity contribution >= 4 is 17.5 Å². The van der Waals surface area contributed by atoms with Crippen LogP contribution in [0, 0.1) is 0 Å². The van der Waals surface area contributed by atoms with E-state index < -0.39 is 0 Å². The molecule has 178 valence electrons. The highest BCUT2D eigenvalue weighted by Gasteiger charge is 2.27. The van der Waals surface area contributed by atoms with E-state index >= 15 is 0 Å². The van der Waals surface area contributed by atoms with Crippen molar-refractivity contribution in [2.24, 2.45) is 0 Å². The minimum atomic E-state index is -0.194. The van der Waals surface area contributed by atoms with Gasteiger partial charge < -0.3 is 19.8 Å². The number of aromatic hydroxyl groups is 2. The smallest absolute Gasteiger partial charge is 0.227 e. The molecule has 0 unspecified atom stereocenters. The summed E-state index contributed by atoms with van der Waals surface area (Å²) in [6.07, 6.45) is 0.982. The second-order valence-electron chi connectivity index (χ2n) is 8.80. The van der Waals surface area contributed by atoms with Crippen molar-refractivity contribution in [2.75, 3.05) is 32.8 Å². The van der Waals surface area contributed by atoms with Crippen molar-refractivity contribution in [1.29, 1.82) is 0 Å². The number of carbonyl (C=O) groups is 1. The van der Waals surface area contributed by atoms with E-state index in [1.54, 1.807) is 0 Å². The van der Waals surface area contributed by atoms with E-state index in [1.165, 1.54) is 17.7 Å². The van der Waals surface area contributed by atoms with Crippen molar-refractivity contribution in [1.82, 2.24) is 20.0 Å². The molecule has 0 spiro atoms. The molecule has 0 radical (unpaired) electrons. The highest BCUT2D eigenvalue weighted by Crippen LogP contribution is 2.39. The minimum Gasteiger partial charge on any atom is -0.507 e. The number of hydrogen-bond donors (Lipinski definition) is 3. The van der Waals surface area contributed by atoms with Gasteiger partial charge in [-0.05, 0) is 17.2 Å². The first-order valence-corrected chi connectivity index (χ1v) is 11.8. The zero-order chi connectivity index (χ0) is 23.7. The summed E-state index contributed by atoms with van der Waals surface area (Å²) >= 11 is 6.05. The predicted octanol–water partition coefficient (Wildman–Crippen LogP) is 3.10. The van der Waals surface area contributed by atoms with Gasteiger partial charge in [-0.15, -0.1) is 0 Å². The van der Waals surface area contributed by atoms with Gasteiger partial charge in [0.1, 0.15) is 17.2 Å². The van der Waals surface area contributed by atoms with Gasteiger partial charge in [0.25, 0.3) is 0 Å². The molecule has 2 aliphatic heterocycles. The number of fused-ring (bicyclic) bond motifs is 1. The number of phenols is 2. The summed E-state index contributed by atoms with van der Waals surface area (Å²) in [5, 5.41) is 27.6. The van der Waals surface area contributed by atoms with Gasteiger partial charge >= 0.3 is 0 Å². The Morgan fingerprint density at radius 2 is 1.79 bits per heavy atom. The predicted molar refractivity (Wildman–Crippen MR) is 128 cm³/mol. The summed E-state index contributed by atoms with van der Waals surface area (Å²) in [5.74, 6) is -0.261. The molecule has 2 aliphatic rings. The summed E-state index contributed by atoms with van der Waals surface area (Å²) in [5.41, 5.74) is 4.98. The molecule has 34 heavy (non-hydrogen) atoms. The van der Waals surface area contributed by atoms with Crippen molar-refractivity contribution in [3.63, 3.8) is 0 Å². The molecular weight excluding hydrogens is 456 g/mol. The van der Waals surface area contributed by atoms with Crippen LogP contribution in [-0.4, -0.2) is 69.0 Å². The number of hydrogen-bond acceptors (Lipinski definition) is 6. The van der Waals surface area contributed by atoms with Crippen LogP contribution in [-0.2, 0) is 35.5 Å². The molecular formula is C25H27ClN4O4. The molecule has 3 N–H and O–H groups in total. The van der Waals surface area contributed by atoms with Gasteiger partial charge in [0.05, 0.1) is 24.7 Å². The van der Waals surface area contributed by atoms with Crippen molar-refractivity contribution in [3.05, 3.63) is 63.8 Å². The number of nitrogens with one attached hydrogen (secondary N) is 1. The van der Waals surface area contributed by atoms with E-state index in [1.807, 2.05) is 17.0 Å². The number of halogens is 1. The molecule has 1 aromatic heterocycles. The zero-order valence-electron chi connectivity index (χ0n) is 18.8. The largest absolute Gasteiger partial charge is 0.507 e. The van der Waals surface area contributed by atoms with Crippen LogP contribution < -0.4 is 0 Å². The van der Waals surface area contributed by atoms with Crippen LogP contribution in [0.4, 0.5) is 0 Å². The third-order valence-electron chi connectivity index (χ3n) is 6.49. The Kier molecular flexibility index (Phi) is 6.45. The van der Waals surface area contributed by atoms with Crippen molar-refractivity contribution in [3.8, 4) is 22.8 Å². The fourth-order valence-corrected chi connectivity index (χ4v) is 4.70. The highest BCUT2D eigenvalue weighted by atomic mass is 35.5. The number of phenolic OH excluding ortho intramolecular Hbond substituents is 2. The van der Waals surface area contributed by atoms with Crippen molar-refractivity contribution in [2.45, 2.75) is 25.9 Å². The van der Waals surface area contributed by atoms with Gasteiger partial charge in [-0.1, -0.05) is 35.9 Å². The fraction of sp³-hybridized carbons (Fsp3) is 0.360. The Morgan fingerprint density at radius 1 is 1.06 bits per heavy atom. The topological polar surface area (TPSA) is 102 Å². The highest BCUT2D eigenvalue weighted by molar-refractivity contribution is 6.32. The van der Waals surface area contributed by atoms with Crippen LogP contribution >= 0.6 is 11.6 Å². The van der Waals surface area contributed by atoms with Crippen LogP contribution in [0.2, 0.25) is 5.02 Å². The lowest BCUT2D eigenvalue weighted by Crippen LogP contribution is -2.37. The number of rotatable bonds is 5. The van der Waals surface area contributed by atoms with E-state index in [4.69, 9.17) is 16.3 Å². The molecule has 0 atom stereocenters. The molecule has 1 fully saturated rings. The maximum absolute atomic E-state index is 13.1. The summed E-state index contributed by atoms with van der Waals surface area (Å²) in [6, 6.07) is 10.9. The number of amides is 1. The lowest BCUT2D eigenvalue weighted by Gasteiger charge is -2.28. The van der Waals surface area contributed by atoms with E-state index in [0.29, 0.717) is 37.2 Å². The average molecular weight is 483 g/mol. The standard InChI is InChI=1S/C25H27ClN4O4/c26-20-12-18(22(31)13-23(20)32)25-19-15-30(6-5-21(19)27-28-25)24(33)11-16-1-3-17(4-2-16)14-29-7-9-34-10-8-29/h1-4,12-13,31-32H,5-11,14-15H2,(H,27,28). The van der Waals surface area contributed by atoms with Gasteiger partial charge in [0, 0.05) is 62.0 Å². The lowest BCUT2D eigenvalue weighted by molar-refractivity contribution is -0.131. The van der Waals surface area contributed by atoms with Crippen LogP contribution in [0.15, 0.2) is 36.4 Å². The molecule has 1 saturated heterocycles. The second-order valence-corrected chi connectivity index (χ2v) is 9.20. The molecule has 8 nitrogen and oxygen atoms in total. The third kappa shape index (κ3) is 4.75. The maximum atomic E-state index is 13.1. The SMILES string of the molecule is O=C(Cc1ccc(CN2CCOCC2)cc1)N1CCc2[nH]nc(-c3cc(Cl)c(O)cc3O)c2C1. The van der Waals surface area contributed by atoms with Crippen LogP contribution in [0.5, 0.6) is 11.5 Å². The Bertz CT molecular complexity index is 1190. The van der Waals surface area contributed by atoms with Crippen LogP contribution in [0.3, 0.4) is 0 Å². The Balaban J connectivity index is 1.26. The molecule has 5 rings (SSSR count). The fourth-order valence-electron chi connectivity index (χ4n) is 4.54. The van der Waals surface area contributed by atoms with E-state index in [-0.39, 0.29) is 22.4 Å². The third-order valence-corrected chi connectivity index (χ3v) is 6.80. The first-order chi connectivity index (χ1) is 16.5. The Morgan fingerprint density at radius 3 is 2.56 bits per heavy atom. The number of H-pyrrole nitrogens is 1. The molecule has 9 heteroatoms. The molecule has 3 aromatic rings. The number of morpholine rings is 1. The second kappa shape index (κ2) is 9.66. The molecule has 1 amide bonds. The quantitative estimate of drug-likeness (QED) is 0.516. The lowest BCUT2D eigenvalue weighted by atomic mass is 9.99. The summed E-state index contributed by atoms with van der Waals surface area (Å²) in [6.45, 7) is 5.34. The number of benzene rings is 2. The normalized spacial score (nSPS) is 16.4. The maximum Gasteiger partial charge on any atom is 0.227 e. The first-order valence-electron chi connectivity index (χ1n) is 11.4. The summed E-state index contributed by atoms with van der Waals surface area (Å²) < 4.78 is 5.40. The molecule has 0 bridgehead atoms. The first kappa shape index (κ1) is 22.7. The van der Waals surface area contributed by atoms with Gasteiger partial charge in [-0.2, -0.15) is 5.10 Å². The average Bonchev–Trinajstić information content (AvgIpc) is 3.26. The number of nitrogens with zero attached hydrogens (tertiary/aromatic N) is 3. The molecule has 0 saturated carbocycles. The van der Waals surface area contributed by atoms with Crippen molar-refractivity contribution < 1.29 is 19.7 Å². The number of carbonyl (C=O) groups excluding carboxylic acids is 1. The number of ether oxygens (including phenoxy) is 1. The van der Waals surface area contributed by atoms with Gasteiger partial charge in [-0.25, -0.2) is 0 Å². The van der Waals surface area contributed by atoms with E-state index in [9.17, 15) is 15.0 Å². The van der Waals surface area contributed by atoms with Gasteiger partial charge in [-0.3, -0.25) is 14.8 Å². The summed E-state index contributed by atoms with van der Waals surface area (Å²) in [4.78, 5) is 17.3. The van der Waals surface area contributed by atoms with Crippen LogP contribution in [0.25, 0.3) is 11.3 Å². The molecule has 0 aliphatic carbocycles. The van der Waals surface area contributed by atoms with Gasteiger partial charge in [0.2, 0.25) is 5.91 Å². The monoisotopic (exact) mass is 482 g/mol. The van der Waals surface area contributed by atoms with E-state index in [2.05, 4.69) is 27.2 Å². The zero-order valence-corrected chi connectivity index (χ0v) is 19.5. The number of aromatic nitrogens is 2. The Labute approximate surface area is 202 Å². The van der Waals surface area contributed by atoms with E-state index in [0.717, 1.165) is 49.7 Å². The Hall–Kier alpha value is -3.07. The van der Waals surface area contributed by atoms with Gasteiger partial charge in [0.15, 0.2) is 0 Å². The molecule has 3 heterocycles. The molecule has 2 aromatic carbocycles. The van der Waals surface area contributed by atoms with Crippen LogP contribution in [0.1, 0.15) is 22.4 Å². The minimum absolute atomic E-state index is 0.0479. The summed E-state index contributed by atoms with van der Waals surface area (Å²) in [7, 11) is 0. The number of aromatic amines is 1.